The molecule has 3 rings (SSSR count). The zero-order valence-corrected chi connectivity index (χ0v) is 12.5. The van der Waals surface area contributed by atoms with Crippen LogP contribution in [0.1, 0.15) is 37.3 Å². The second kappa shape index (κ2) is 6.44. The van der Waals surface area contributed by atoms with Crippen molar-refractivity contribution in [1.82, 2.24) is 10.2 Å². The summed E-state index contributed by atoms with van der Waals surface area (Å²) in [7, 11) is 0. The minimum Gasteiger partial charge on any atom is -0.337 e. The van der Waals surface area contributed by atoms with E-state index in [1.165, 1.54) is 18.4 Å². The summed E-state index contributed by atoms with van der Waals surface area (Å²) in [5.74, 6) is 1.02. The van der Waals surface area contributed by atoms with Gasteiger partial charge in [0.25, 0.3) is 0 Å². The third kappa shape index (κ3) is 3.53. The summed E-state index contributed by atoms with van der Waals surface area (Å²) < 4.78 is 0. The van der Waals surface area contributed by atoms with Crippen LogP contribution in [-0.4, -0.2) is 29.9 Å². The zero-order valence-electron chi connectivity index (χ0n) is 12.5. The van der Waals surface area contributed by atoms with Crippen molar-refractivity contribution < 1.29 is 4.79 Å². The molecule has 1 amide bonds. The molecule has 2 aliphatic rings. The first-order valence-corrected chi connectivity index (χ1v) is 7.97. The fourth-order valence-electron chi connectivity index (χ4n) is 3.23. The highest BCUT2D eigenvalue weighted by Gasteiger charge is 2.35. The molecule has 0 radical (unpaired) electrons. The highest BCUT2D eigenvalue weighted by Crippen LogP contribution is 2.41. The van der Waals surface area contributed by atoms with Crippen LogP contribution in [0.3, 0.4) is 0 Å². The van der Waals surface area contributed by atoms with E-state index < -0.39 is 0 Å². The summed E-state index contributed by atoms with van der Waals surface area (Å²) in [6.45, 7) is 5.22. The molecule has 0 aromatic heterocycles. The molecule has 3 nitrogen and oxygen atoms in total. The van der Waals surface area contributed by atoms with Gasteiger partial charge in [0, 0.05) is 31.6 Å². The van der Waals surface area contributed by atoms with Gasteiger partial charge in [-0.05, 0) is 30.7 Å². The lowest BCUT2D eigenvalue weighted by Crippen LogP contribution is -2.49. The monoisotopic (exact) mass is 284 g/mol. The van der Waals surface area contributed by atoms with Crippen molar-refractivity contribution in [3.8, 4) is 0 Å². The number of carbonyl (C=O) groups is 1. The van der Waals surface area contributed by atoms with Crippen LogP contribution in [0.4, 0.5) is 0 Å². The average Bonchev–Trinajstić information content (AvgIpc) is 3.34. The molecule has 2 fully saturated rings. The van der Waals surface area contributed by atoms with E-state index in [0.717, 1.165) is 18.9 Å². The topological polar surface area (TPSA) is 32.3 Å². The molecule has 2 atom stereocenters. The van der Waals surface area contributed by atoms with Crippen LogP contribution in [0.15, 0.2) is 43.0 Å². The standard InChI is InChI=1S/C18H24N2O/c1-2-12-20-13-16(10-11-17(20)21)19-18(15-8-9-15)14-6-4-3-5-7-14/h2-7,15-16,18-19H,1,8-13H2. The average molecular weight is 284 g/mol. The first-order valence-electron chi connectivity index (χ1n) is 7.97. The summed E-state index contributed by atoms with van der Waals surface area (Å²) in [6.07, 6.45) is 6.04. The number of piperidine rings is 1. The Balaban J connectivity index is 1.66. The van der Waals surface area contributed by atoms with Gasteiger partial charge in [0.05, 0.1) is 0 Å². The maximum absolute atomic E-state index is 11.9. The van der Waals surface area contributed by atoms with Crippen LogP contribution in [0.25, 0.3) is 0 Å². The number of likely N-dealkylation sites (tertiary alicyclic amines) is 1. The lowest BCUT2D eigenvalue weighted by molar-refractivity contribution is -0.133. The molecule has 1 aliphatic heterocycles. The van der Waals surface area contributed by atoms with Gasteiger partial charge in [0.2, 0.25) is 5.91 Å². The first kappa shape index (κ1) is 14.3. The Morgan fingerprint density at radius 3 is 2.71 bits per heavy atom. The lowest BCUT2D eigenvalue weighted by Gasteiger charge is -2.35. The molecular formula is C18H24N2O. The van der Waals surface area contributed by atoms with Gasteiger partial charge in [-0.2, -0.15) is 0 Å². The largest absolute Gasteiger partial charge is 0.337 e. The Morgan fingerprint density at radius 1 is 1.29 bits per heavy atom. The molecule has 1 aromatic carbocycles. The lowest BCUT2D eigenvalue weighted by atomic mass is 9.98. The van der Waals surface area contributed by atoms with Gasteiger partial charge in [0.15, 0.2) is 0 Å². The summed E-state index contributed by atoms with van der Waals surface area (Å²) in [6, 6.07) is 11.6. The van der Waals surface area contributed by atoms with Gasteiger partial charge < -0.3 is 10.2 Å². The molecule has 0 spiro atoms. The van der Waals surface area contributed by atoms with Gasteiger partial charge in [-0.15, -0.1) is 6.58 Å². The van der Waals surface area contributed by atoms with Gasteiger partial charge >= 0.3 is 0 Å². The Morgan fingerprint density at radius 2 is 2.05 bits per heavy atom. The predicted molar refractivity (Wildman–Crippen MR) is 84.8 cm³/mol. The van der Waals surface area contributed by atoms with Crippen molar-refractivity contribution in [3.05, 3.63) is 48.6 Å². The van der Waals surface area contributed by atoms with E-state index >= 15 is 0 Å². The van der Waals surface area contributed by atoms with Crippen molar-refractivity contribution >= 4 is 5.91 Å². The minimum atomic E-state index is 0.260. The van der Waals surface area contributed by atoms with Crippen molar-refractivity contribution in [1.29, 1.82) is 0 Å². The third-order valence-corrected chi connectivity index (χ3v) is 4.52. The molecule has 21 heavy (non-hydrogen) atoms. The molecule has 1 saturated carbocycles. The second-order valence-corrected chi connectivity index (χ2v) is 6.22. The van der Waals surface area contributed by atoms with Gasteiger partial charge in [-0.1, -0.05) is 36.4 Å². The van der Waals surface area contributed by atoms with Crippen LogP contribution in [0.2, 0.25) is 0 Å². The molecule has 1 heterocycles. The molecule has 3 heteroatoms. The Hall–Kier alpha value is -1.61. The van der Waals surface area contributed by atoms with E-state index in [4.69, 9.17) is 0 Å². The summed E-state index contributed by atoms with van der Waals surface area (Å²) in [5, 5.41) is 3.81. The predicted octanol–water partition coefficient (Wildman–Crippen LogP) is 2.90. The van der Waals surface area contributed by atoms with E-state index in [9.17, 15) is 4.79 Å². The number of carbonyl (C=O) groups excluding carboxylic acids is 1. The molecular weight excluding hydrogens is 260 g/mol. The number of benzene rings is 1. The maximum Gasteiger partial charge on any atom is 0.222 e. The van der Waals surface area contributed by atoms with E-state index in [0.29, 0.717) is 25.0 Å². The number of amides is 1. The van der Waals surface area contributed by atoms with E-state index in [1.54, 1.807) is 0 Å². The van der Waals surface area contributed by atoms with Crippen molar-refractivity contribution in [2.75, 3.05) is 13.1 Å². The number of rotatable bonds is 6. The number of nitrogens with zero attached hydrogens (tertiary/aromatic N) is 1. The fraction of sp³-hybridized carbons (Fsp3) is 0.500. The quantitative estimate of drug-likeness (QED) is 0.815. The molecule has 112 valence electrons. The van der Waals surface area contributed by atoms with Gasteiger partial charge in [-0.3, -0.25) is 4.79 Å². The molecule has 1 saturated heterocycles. The Labute approximate surface area is 127 Å². The fourth-order valence-corrected chi connectivity index (χ4v) is 3.23. The Kier molecular flexibility index (Phi) is 4.39. The first-order chi connectivity index (χ1) is 10.3. The highest BCUT2D eigenvalue weighted by molar-refractivity contribution is 5.77. The number of nitrogens with one attached hydrogen (secondary N) is 1. The summed E-state index contributed by atoms with van der Waals surface area (Å²) in [4.78, 5) is 13.8. The van der Waals surface area contributed by atoms with E-state index in [2.05, 4.69) is 42.2 Å². The van der Waals surface area contributed by atoms with Crippen LogP contribution >= 0.6 is 0 Å². The van der Waals surface area contributed by atoms with E-state index in [-0.39, 0.29) is 5.91 Å². The highest BCUT2D eigenvalue weighted by atomic mass is 16.2. The Bertz CT molecular complexity index is 495. The SMILES string of the molecule is C=CCN1CC(NC(c2ccccc2)C2CC2)CCC1=O. The summed E-state index contributed by atoms with van der Waals surface area (Å²) >= 11 is 0. The minimum absolute atomic E-state index is 0.260. The normalized spacial score (nSPS) is 23.9. The molecule has 0 bridgehead atoms. The van der Waals surface area contributed by atoms with Crippen LogP contribution in [0, 0.1) is 5.92 Å². The van der Waals surface area contributed by atoms with Crippen LogP contribution in [0.5, 0.6) is 0 Å². The van der Waals surface area contributed by atoms with Crippen LogP contribution in [-0.2, 0) is 4.79 Å². The number of hydrogen-bond donors (Lipinski definition) is 1. The van der Waals surface area contributed by atoms with E-state index in [1.807, 2.05) is 11.0 Å². The molecule has 2 unspecified atom stereocenters. The van der Waals surface area contributed by atoms with Crippen molar-refractivity contribution in [3.63, 3.8) is 0 Å². The maximum atomic E-state index is 11.9. The van der Waals surface area contributed by atoms with Crippen LogP contribution < -0.4 is 5.32 Å². The van der Waals surface area contributed by atoms with Gasteiger partial charge in [0.1, 0.15) is 0 Å². The molecule has 1 aromatic rings. The molecule has 1 N–H and O–H groups in total. The van der Waals surface area contributed by atoms with Gasteiger partial charge in [-0.25, -0.2) is 0 Å². The van der Waals surface area contributed by atoms with Crippen molar-refractivity contribution in [2.45, 2.75) is 37.8 Å². The molecule has 1 aliphatic carbocycles. The third-order valence-electron chi connectivity index (χ3n) is 4.52. The smallest absolute Gasteiger partial charge is 0.222 e. The second-order valence-electron chi connectivity index (χ2n) is 6.22. The summed E-state index contributed by atoms with van der Waals surface area (Å²) in [5.41, 5.74) is 1.38. The zero-order chi connectivity index (χ0) is 14.7. The van der Waals surface area contributed by atoms with Crippen molar-refractivity contribution in [2.24, 2.45) is 5.92 Å². The number of hydrogen-bond acceptors (Lipinski definition) is 2.